The standard InChI is InChI=1S/C39H49NO7Si/c1-48(2,3)23-22-44-29-47-36-17-12-32-11-10-31(24-34(32)25-36)28-46-38-26-40(39(41)42)19-18-37(38)33-13-15-35(16-14-33)45-21-7-20-43-27-30-8-5-4-6-9-30/h4-6,8-17,24-25,37-38H,7,18-23,26-29H2,1-3H3,(H,41,42). The topological polar surface area (TPSA) is 86.7 Å². The highest BCUT2D eigenvalue weighted by molar-refractivity contribution is 6.76. The van der Waals surface area contributed by atoms with Crippen molar-refractivity contribution in [3.8, 4) is 11.5 Å². The molecule has 0 spiro atoms. The molecule has 0 bridgehead atoms. The minimum atomic E-state index is -1.13. The molecule has 1 saturated heterocycles. The van der Waals surface area contributed by atoms with E-state index in [0.29, 0.717) is 45.9 Å². The van der Waals surface area contributed by atoms with E-state index in [1.54, 1.807) is 0 Å². The predicted octanol–water partition coefficient (Wildman–Crippen LogP) is 8.57. The molecule has 1 heterocycles. The highest BCUT2D eigenvalue weighted by Crippen LogP contribution is 2.33. The lowest BCUT2D eigenvalue weighted by molar-refractivity contribution is -0.0199. The number of amides is 1. The molecule has 1 fully saturated rings. The summed E-state index contributed by atoms with van der Waals surface area (Å²) in [7, 11) is -1.13. The van der Waals surface area contributed by atoms with Crippen LogP contribution in [0.1, 0.15) is 35.4 Å². The maximum atomic E-state index is 11.9. The Balaban J connectivity index is 1.13. The van der Waals surface area contributed by atoms with Gasteiger partial charge < -0.3 is 33.7 Å². The van der Waals surface area contributed by atoms with Crippen molar-refractivity contribution < 1.29 is 33.6 Å². The summed E-state index contributed by atoms with van der Waals surface area (Å²) in [5, 5.41) is 11.9. The predicted molar refractivity (Wildman–Crippen MR) is 192 cm³/mol. The van der Waals surface area contributed by atoms with Crippen LogP contribution < -0.4 is 9.47 Å². The number of hydrogen-bond acceptors (Lipinski definition) is 6. The lowest BCUT2D eigenvalue weighted by atomic mass is 9.87. The molecule has 2 atom stereocenters. The van der Waals surface area contributed by atoms with Gasteiger partial charge in [-0.2, -0.15) is 0 Å². The van der Waals surface area contributed by atoms with Gasteiger partial charge in [-0.15, -0.1) is 0 Å². The molecule has 0 aliphatic carbocycles. The average Bonchev–Trinajstić information content (AvgIpc) is 3.08. The summed E-state index contributed by atoms with van der Waals surface area (Å²) in [5.41, 5.74) is 3.31. The third kappa shape index (κ3) is 11.1. The van der Waals surface area contributed by atoms with Crippen molar-refractivity contribution in [2.24, 2.45) is 0 Å². The zero-order valence-corrected chi connectivity index (χ0v) is 29.4. The number of nitrogens with zero attached hydrogens (tertiary/aromatic N) is 1. The number of carboxylic acid groups (broad SMARTS) is 1. The molecule has 1 aliphatic rings. The van der Waals surface area contributed by atoms with Crippen molar-refractivity contribution in [3.63, 3.8) is 0 Å². The second-order valence-electron chi connectivity index (χ2n) is 13.6. The Kier molecular flexibility index (Phi) is 12.9. The van der Waals surface area contributed by atoms with Gasteiger partial charge in [-0.1, -0.05) is 80.3 Å². The normalized spacial score (nSPS) is 16.6. The first-order valence-electron chi connectivity index (χ1n) is 16.9. The monoisotopic (exact) mass is 671 g/mol. The van der Waals surface area contributed by atoms with Crippen LogP contribution in [-0.4, -0.2) is 70.0 Å². The number of piperidine rings is 1. The average molecular weight is 672 g/mol. The lowest BCUT2D eigenvalue weighted by Gasteiger charge is -2.37. The van der Waals surface area contributed by atoms with Crippen molar-refractivity contribution in [1.29, 1.82) is 0 Å². The van der Waals surface area contributed by atoms with E-state index in [1.807, 2.05) is 48.5 Å². The van der Waals surface area contributed by atoms with E-state index in [1.165, 1.54) is 4.90 Å². The maximum absolute atomic E-state index is 11.9. The zero-order chi connectivity index (χ0) is 33.8. The van der Waals surface area contributed by atoms with Gasteiger partial charge in [-0.25, -0.2) is 4.79 Å². The SMILES string of the molecule is C[Si](C)(C)CCOCOc1ccc2ccc(COC3CN(C(=O)O)CCC3c3ccc(OCCCOCc4ccccc4)cc3)cc2c1. The van der Waals surface area contributed by atoms with E-state index < -0.39 is 14.2 Å². The Morgan fingerprint density at radius 2 is 1.56 bits per heavy atom. The van der Waals surface area contributed by atoms with Crippen LogP contribution in [0.5, 0.6) is 11.5 Å². The Bertz CT molecular complexity index is 1580. The number of ether oxygens (including phenoxy) is 5. The second kappa shape index (κ2) is 17.5. The molecule has 8 nitrogen and oxygen atoms in total. The van der Waals surface area contributed by atoms with Crippen molar-refractivity contribution in [1.82, 2.24) is 4.90 Å². The molecule has 2 unspecified atom stereocenters. The molecule has 48 heavy (non-hydrogen) atoms. The molecule has 1 aliphatic heterocycles. The van der Waals surface area contributed by atoms with Crippen molar-refractivity contribution in [2.45, 2.75) is 63.8 Å². The van der Waals surface area contributed by atoms with Gasteiger partial charge in [-0.3, -0.25) is 0 Å². The summed E-state index contributed by atoms with van der Waals surface area (Å²) in [5.74, 6) is 1.64. The second-order valence-corrected chi connectivity index (χ2v) is 19.2. The van der Waals surface area contributed by atoms with Crippen molar-refractivity contribution >= 4 is 24.9 Å². The van der Waals surface area contributed by atoms with E-state index in [9.17, 15) is 9.90 Å². The number of likely N-dealkylation sites (tertiary alicyclic amines) is 1. The molecule has 4 aromatic carbocycles. The Hall–Kier alpha value is -3.89. The smallest absolute Gasteiger partial charge is 0.407 e. The Labute approximate surface area is 285 Å². The summed E-state index contributed by atoms with van der Waals surface area (Å²) in [4.78, 5) is 13.3. The van der Waals surface area contributed by atoms with Crippen molar-refractivity contribution in [3.05, 3.63) is 108 Å². The van der Waals surface area contributed by atoms with Gasteiger partial charge >= 0.3 is 6.09 Å². The molecular weight excluding hydrogens is 623 g/mol. The minimum Gasteiger partial charge on any atom is -0.494 e. The van der Waals surface area contributed by atoms with Gasteiger partial charge in [-0.05, 0) is 70.3 Å². The van der Waals surface area contributed by atoms with E-state index in [0.717, 1.165) is 58.0 Å². The van der Waals surface area contributed by atoms with Gasteiger partial charge in [0.25, 0.3) is 0 Å². The minimum absolute atomic E-state index is 0.0717. The highest BCUT2D eigenvalue weighted by Gasteiger charge is 2.33. The summed E-state index contributed by atoms with van der Waals surface area (Å²) in [6, 6.07) is 31.7. The number of fused-ring (bicyclic) bond motifs is 1. The van der Waals surface area contributed by atoms with Crippen LogP contribution in [-0.2, 0) is 27.4 Å². The highest BCUT2D eigenvalue weighted by atomic mass is 28.3. The molecule has 4 aromatic rings. The van der Waals surface area contributed by atoms with E-state index in [2.05, 4.69) is 62.1 Å². The van der Waals surface area contributed by atoms with E-state index >= 15 is 0 Å². The van der Waals surface area contributed by atoms with Gasteiger partial charge in [0.05, 0.1) is 39.1 Å². The van der Waals surface area contributed by atoms with Gasteiger partial charge in [0.15, 0.2) is 6.79 Å². The lowest BCUT2D eigenvalue weighted by Crippen LogP contribution is -2.46. The first kappa shape index (κ1) is 35.4. The van der Waals surface area contributed by atoms with Crippen LogP contribution in [0.15, 0.2) is 91.0 Å². The third-order valence-corrected chi connectivity index (χ3v) is 10.3. The van der Waals surface area contributed by atoms with Crippen LogP contribution in [0.25, 0.3) is 10.8 Å². The molecule has 9 heteroatoms. The van der Waals surface area contributed by atoms with Crippen LogP contribution in [0.4, 0.5) is 4.79 Å². The first-order chi connectivity index (χ1) is 23.2. The summed E-state index contributed by atoms with van der Waals surface area (Å²) in [6.07, 6.45) is 0.298. The fourth-order valence-electron chi connectivity index (χ4n) is 5.77. The van der Waals surface area contributed by atoms with Gasteiger partial charge in [0, 0.05) is 33.6 Å². The fourth-order valence-corrected chi connectivity index (χ4v) is 6.53. The number of benzene rings is 4. The number of rotatable bonds is 17. The number of hydrogen-bond donors (Lipinski definition) is 1. The molecule has 5 rings (SSSR count). The first-order valence-corrected chi connectivity index (χ1v) is 20.6. The molecule has 0 aromatic heterocycles. The molecule has 256 valence electrons. The molecule has 1 N–H and O–H groups in total. The van der Waals surface area contributed by atoms with Gasteiger partial charge in [0.1, 0.15) is 11.5 Å². The fraction of sp³-hybridized carbons (Fsp3) is 0.410. The van der Waals surface area contributed by atoms with Crippen molar-refractivity contribution in [2.75, 3.05) is 39.7 Å². The summed E-state index contributed by atoms with van der Waals surface area (Å²) < 4.78 is 29.8. The van der Waals surface area contributed by atoms with E-state index in [4.69, 9.17) is 23.7 Å². The maximum Gasteiger partial charge on any atom is 0.407 e. The summed E-state index contributed by atoms with van der Waals surface area (Å²) in [6.45, 7) is 10.9. The van der Waals surface area contributed by atoms with Crippen LogP contribution in [0.2, 0.25) is 25.7 Å². The zero-order valence-electron chi connectivity index (χ0n) is 28.4. The summed E-state index contributed by atoms with van der Waals surface area (Å²) >= 11 is 0. The van der Waals surface area contributed by atoms with Crippen LogP contribution >= 0.6 is 0 Å². The quantitative estimate of drug-likeness (QED) is 0.0684. The molecular formula is C39H49NO7Si. The largest absolute Gasteiger partial charge is 0.494 e. The number of carbonyl (C=O) groups is 1. The molecule has 1 amide bonds. The van der Waals surface area contributed by atoms with Crippen LogP contribution in [0.3, 0.4) is 0 Å². The third-order valence-electron chi connectivity index (χ3n) is 8.60. The molecule has 0 radical (unpaired) electrons. The Morgan fingerprint density at radius 3 is 2.33 bits per heavy atom. The van der Waals surface area contributed by atoms with E-state index in [-0.39, 0.29) is 18.8 Å². The van der Waals surface area contributed by atoms with Gasteiger partial charge in [0.2, 0.25) is 0 Å². The Morgan fingerprint density at radius 1 is 0.792 bits per heavy atom. The molecule has 0 saturated carbocycles. The van der Waals surface area contributed by atoms with Crippen LogP contribution in [0, 0.1) is 0 Å².